The van der Waals surface area contributed by atoms with Gasteiger partial charge < -0.3 is 9.47 Å². The van der Waals surface area contributed by atoms with Gasteiger partial charge in [0.1, 0.15) is 5.75 Å². The molecular formula is C20H18FN3O2S. The Morgan fingerprint density at radius 1 is 1.11 bits per heavy atom. The lowest BCUT2D eigenvalue weighted by Crippen LogP contribution is -2.02. The summed E-state index contributed by atoms with van der Waals surface area (Å²) in [5.74, 6) is 1.30. The largest absolute Gasteiger partial charge is 0.497 e. The van der Waals surface area contributed by atoms with Crippen LogP contribution >= 0.6 is 11.8 Å². The smallest absolute Gasteiger partial charge is 0.196 e. The summed E-state index contributed by atoms with van der Waals surface area (Å²) in [6.07, 6.45) is 0. The molecule has 5 nitrogen and oxygen atoms in total. The third-order valence-electron chi connectivity index (χ3n) is 4.28. The normalized spacial score (nSPS) is 11.2. The zero-order valence-electron chi connectivity index (χ0n) is 15.0. The molecule has 27 heavy (non-hydrogen) atoms. The molecule has 0 saturated heterocycles. The van der Waals surface area contributed by atoms with Gasteiger partial charge in [0.25, 0.3) is 0 Å². The first-order valence-electron chi connectivity index (χ1n) is 8.50. The maximum atomic E-state index is 13.6. The van der Waals surface area contributed by atoms with Gasteiger partial charge in [-0.1, -0.05) is 23.9 Å². The van der Waals surface area contributed by atoms with Gasteiger partial charge in [-0.25, -0.2) is 4.39 Å². The van der Waals surface area contributed by atoms with E-state index in [2.05, 4.69) is 17.1 Å². The minimum atomic E-state index is -0.357. The van der Waals surface area contributed by atoms with E-state index in [0.29, 0.717) is 12.4 Å². The molecule has 0 saturated carbocycles. The van der Waals surface area contributed by atoms with Crippen molar-refractivity contribution in [3.63, 3.8) is 0 Å². The number of methoxy groups -OCH3 is 1. The van der Waals surface area contributed by atoms with Crippen LogP contribution in [0.15, 0.2) is 53.7 Å². The predicted octanol–water partition coefficient (Wildman–Crippen LogP) is 4.51. The molecule has 2 aromatic carbocycles. The predicted molar refractivity (Wildman–Crippen MR) is 104 cm³/mol. The topological polar surface area (TPSA) is 48.7 Å². The van der Waals surface area contributed by atoms with Gasteiger partial charge >= 0.3 is 0 Å². The van der Waals surface area contributed by atoms with Crippen LogP contribution in [0.3, 0.4) is 0 Å². The van der Waals surface area contributed by atoms with Gasteiger partial charge in [0.15, 0.2) is 22.4 Å². The Balaban J connectivity index is 1.59. The first kappa shape index (κ1) is 17.6. The molecule has 0 unspecified atom stereocenters. The summed E-state index contributed by atoms with van der Waals surface area (Å²) in [5.41, 5.74) is 2.91. The van der Waals surface area contributed by atoms with E-state index < -0.39 is 0 Å². The Kier molecular flexibility index (Phi) is 4.85. The fourth-order valence-electron chi connectivity index (χ4n) is 2.97. The number of ether oxygens (including phenoxy) is 2. The summed E-state index contributed by atoms with van der Waals surface area (Å²) < 4.78 is 26.5. The Morgan fingerprint density at radius 3 is 2.78 bits per heavy atom. The van der Waals surface area contributed by atoms with E-state index in [1.807, 2.05) is 28.7 Å². The number of fused-ring (bicyclic) bond motifs is 3. The quantitative estimate of drug-likeness (QED) is 0.362. The first-order chi connectivity index (χ1) is 13.2. The molecule has 0 amide bonds. The molecule has 2 aromatic heterocycles. The second kappa shape index (κ2) is 7.44. The molecule has 0 N–H and O–H groups in total. The maximum absolute atomic E-state index is 13.6. The third kappa shape index (κ3) is 3.42. The Hall–Kier alpha value is -2.80. The van der Waals surface area contributed by atoms with E-state index in [-0.39, 0.29) is 11.6 Å². The van der Waals surface area contributed by atoms with Crippen LogP contribution in [0.5, 0.6) is 11.5 Å². The standard InChI is InChI=1S/C20H18FN3O2S/c1-13-11-19-22-23-20(24(19)17-12-14(25-2)7-8-15(13)17)27-10-9-26-18-6-4-3-5-16(18)21/h3-8,11-12H,9-10H2,1-2H3. The summed E-state index contributed by atoms with van der Waals surface area (Å²) in [6, 6.07) is 14.4. The van der Waals surface area contributed by atoms with Crippen molar-refractivity contribution < 1.29 is 13.9 Å². The highest BCUT2D eigenvalue weighted by Crippen LogP contribution is 2.28. The van der Waals surface area contributed by atoms with Gasteiger partial charge in [0, 0.05) is 17.2 Å². The number of benzene rings is 2. The molecule has 0 spiro atoms. The number of rotatable bonds is 6. The van der Waals surface area contributed by atoms with Crippen LogP contribution in [0.4, 0.5) is 4.39 Å². The van der Waals surface area contributed by atoms with Crippen LogP contribution in [-0.4, -0.2) is 34.1 Å². The van der Waals surface area contributed by atoms with Crippen molar-refractivity contribution in [1.29, 1.82) is 0 Å². The number of aromatic nitrogens is 3. The van der Waals surface area contributed by atoms with Gasteiger partial charge in [-0.15, -0.1) is 10.2 Å². The fourth-order valence-corrected chi connectivity index (χ4v) is 3.74. The highest BCUT2D eigenvalue weighted by Gasteiger charge is 2.12. The lowest BCUT2D eigenvalue weighted by Gasteiger charge is -2.10. The SMILES string of the molecule is COc1ccc2c(C)cc3nnc(SCCOc4ccccc4F)n3c2c1. The summed E-state index contributed by atoms with van der Waals surface area (Å²) in [4.78, 5) is 0. The van der Waals surface area contributed by atoms with Crippen LogP contribution in [-0.2, 0) is 0 Å². The van der Waals surface area contributed by atoms with Crippen molar-refractivity contribution in [3.8, 4) is 11.5 Å². The van der Waals surface area contributed by atoms with Crippen LogP contribution in [0, 0.1) is 12.7 Å². The second-order valence-corrected chi connectivity index (χ2v) is 7.08. The van der Waals surface area contributed by atoms with E-state index in [4.69, 9.17) is 9.47 Å². The summed E-state index contributed by atoms with van der Waals surface area (Å²) in [7, 11) is 1.65. The second-order valence-electron chi connectivity index (χ2n) is 6.01. The molecule has 138 valence electrons. The monoisotopic (exact) mass is 383 g/mol. The molecule has 0 atom stereocenters. The Labute approximate surface area is 160 Å². The van der Waals surface area contributed by atoms with Gasteiger partial charge in [-0.05, 0) is 42.8 Å². The molecule has 0 bridgehead atoms. The highest BCUT2D eigenvalue weighted by molar-refractivity contribution is 7.99. The molecule has 4 rings (SSSR count). The molecule has 0 radical (unpaired) electrons. The van der Waals surface area contributed by atoms with E-state index in [9.17, 15) is 4.39 Å². The maximum Gasteiger partial charge on any atom is 0.196 e. The van der Waals surface area contributed by atoms with E-state index in [1.54, 1.807) is 25.3 Å². The summed E-state index contributed by atoms with van der Waals surface area (Å²) in [5, 5.41) is 10.5. The molecule has 4 aromatic rings. The fraction of sp³-hybridized carbons (Fsp3) is 0.200. The van der Waals surface area contributed by atoms with Crippen molar-refractivity contribution in [2.75, 3.05) is 19.5 Å². The van der Waals surface area contributed by atoms with Gasteiger partial charge in [0.05, 0.1) is 19.2 Å². The average Bonchev–Trinajstić information content (AvgIpc) is 3.09. The number of halogens is 1. The van der Waals surface area contributed by atoms with Gasteiger partial charge in [0.2, 0.25) is 0 Å². The van der Waals surface area contributed by atoms with Crippen molar-refractivity contribution >= 4 is 28.3 Å². The van der Waals surface area contributed by atoms with Crippen molar-refractivity contribution in [2.24, 2.45) is 0 Å². The van der Waals surface area contributed by atoms with Crippen molar-refractivity contribution in [2.45, 2.75) is 12.1 Å². The van der Waals surface area contributed by atoms with Crippen LogP contribution in [0.1, 0.15) is 5.56 Å². The molecule has 7 heteroatoms. The van der Waals surface area contributed by atoms with Gasteiger partial charge in [-0.2, -0.15) is 0 Å². The molecule has 0 aliphatic carbocycles. The van der Waals surface area contributed by atoms with Gasteiger partial charge in [-0.3, -0.25) is 4.40 Å². The molecule has 0 fully saturated rings. The molecule has 0 aliphatic heterocycles. The Bertz CT molecular complexity index is 1110. The van der Waals surface area contributed by atoms with Crippen LogP contribution in [0.25, 0.3) is 16.6 Å². The summed E-state index contributed by atoms with van der Waals surface area (Å²) >= 11 is 1.52. The van der Waals surface area contributed by atoms with E-state index in [0.717, 1.165) is 33.0 Å². The first-order valence-corrected chi connectivity index (χ1v) is 9.48. The van der Waals surface area contributed by atoms with E-state index >= 15 is 0 Å². The molecular weight excluding hydrogens is 365 g/mol. The number of para-hydroxylation sites is 1. The zero-order chi connectivity index (χ0) is 18.8. The van der Waals surface area contributed by atoms with E-state index in [1.165, 1.54) is 17.8 Å². The molecule has 2 heterocycles. The molecule has 0 aliphatic rings. The Morgan fingerprint density at radius 2 is 1.96 bits per heavy atom. The number of hydrogen-bond donors (Lipinski definition) is 0. The van der Waals surface area contributed by atoms with Crippen molar-refractivity contribution in [1.82, 2.24) is 14.6 Å². The number of thioether (sulfide) groups is 1. The highest BCUT2D eigenvalue weighted by atomic mass is 32.2. The lowest BCUT2D eigenvalue weighted by molar-refractivity contribution is 0.325. The number of aryl methyl sites for hydroxylation is 1. The van der Waals surface area contributed by atoms with Crippen molar-refractivity contribution in [3.05, 3.63) is 59.9 Å². The average molecular weight is 383 g/mol. The summed E-state index contributed by atoms with van der Waals surface area (Å²) in [6.45, 7) is 2.42. The van der Waals surface area contributed by atoms with Crippen LogP contribution in [0.2, 0.25) is 0 Å². The lowest BCUT2D eigenvalue weighted by atomic mass is 10.1. The third-order valence-corrected chi connectivity index (χ3v) is 5.18. The number of nitrogens with zero attached hydrogens (tertiary/aromatic N) is 3. The number of hydrogen-bond acceptors (Lipinski definition) is 5. The van der Waals surface area contributed by atoms with Crippen LogP contribution < -0.4 is 9.47 Å². The number of pyridine rings is 1. The minimum Gasteiger partial charge on any atom is -0.497 e. The zero-order valence-corrected chi connectivity index (χ0v) is 15.8. The minimum absolute atomic E-state index is 0.259.